The molecule has 1 saturated heterocycles. The summed E-state index contributed by atoms with van der Waals surface area (Å²) in [6.45, 7) is 2.78. The van der Waals surface area contributed by atoms with Gasteiger partial charge < -0.3 is 14.6 Å². The molecule has 1 N–H and O–H groups in total. The van der Waals surface area contributed by atoms with Crippen LogP contribution in [0.1, 0.15) is 31.4 Å². The van der Waals surface area contributed by atoms with Crippen LogP contribution < -0.4 is 9.47 Å². The van der Waals surface area contributed by atoms with Crippen LogP contribution in [0.25, 0.3) is 0 Å². The van der Waals surface area contributed by atoms with E-state index in [1.54, 1.807) is 7.11 Å². The Balaban J connectivity index is 1.69. The third-order valence-electron chi connectivity index (χ3n) is 4.33. The van der Waals surface area contributed by atoms with Crippen molar-refractivity contribution < 1.29 is 14.6 Å². The quantitative estimate of drug-likeness (QED) is 0.907. The Morgan fingerprint density at radius 1 is 1.00 bits per heavy atom. The standard InChI is InChI=1S/C19H23NO3/c1-14(21)20-13-3-4-19(20)15-5-7-17(8-6-15)23-18-11-9-16(22-2)10-12-18/h5-12,14,19,21H,3-4,13H2,1-2H3. The van der Waals surface area contributed by atoms with Gasteiger partial charge in [0.1, 0.15) is 23.5 Å². The van der Waals surface area contributed by atoms with Gasteiger partial charge in [-0.1, -0.05) is 12.1 Å². The molecule has 0 spiro atoms. The summed E-state index contributed by atoms with van der Waals surface area (Å²) in [6.07, 6.45) is 1.81. The maximum atomic E-state index is 9.87. The van der Waals surface area contributed by atoms with Crippen LogP contribution in [-0.4, -0.2) is 29.9 Å². The van der Waals surface area contributed by atoms with Crippen molar-refractivity contribution in [3.05, 3.63) is 54.1 Å². The van der Waals surface area contributed by atoms with Crippen LogP contribution in [0.4, 0.5) is 0 Å². The molecule has 1 fully saturated rings. The zero-order valence-electron chi connectivity index (χ0n) is 13.6. The molecule has 2 aromatic carbocycles. The lowest BCUT2D eigenvalue weighted by Crippen LogP contribution is -2.32. The molecule has 4 heteroatoms. The first-order valence-electron chi connectivity index (χ1n) is 8.03. The molecule has 3 rings (SSSR count). The minimum Gasteiger partial charge on any atom is -0.497 e. The Kier molecular flexibility index (Phi) is 4.84. The van der Waals surface area contributed by atoms with Gasteiger partial charge in [-0.05, 0) is 61.7 Å². The molecule has 0 aliphatic carbocycles. The van der Waals surface area contributed by atoms with E-state index in [0.717, 1.165) is 36.6 Å². The monoisotopic (exact) mass is 313 g/mol. The number of aliphatic hydroxyl groups excluding tert-OH is 1. The zero-order valence-corrected chi connectivity index (χ0v) is 13.6. The van der Waals surface area contributed by atoms with Crippen molar-refractivity contribution in [2.45, 2.75) is 32.0 Å². The first kappa shape index (κ1) is 15.8. The van der Waals surface area contributed by atoms with Crippen LogP contribution in [-0.2, 0) is 0 Å². The van der Waals surface area contributed by atoms with Gasteiger partial charge in [-0.15, -0.1) is 0 Å². The minimum atomic E-state index is -0.405. The molecule has 1 heterocycles. The Morgan fingerprint density at radius 2 is 1.57 bits per heavy atom. The number of methoxy groups -OCH3 is 1. The summed E-state index contributed by atoms with van der Waals surface area (Å²) in [5.41, 5.74) is 1.23. The van der Waals surface area contributed by atoms with Crippen molar-refractivity contribution in [1.29, 1.82) is 0 Å². The van der Waals surface area contributed by atoms with Crippen LogP contribution in [0, 0.1) is 0 Å². The lowest BCUT2D eigenvalue weighted by atomic mass is 10.0. The smallest absolute Gasteiger partial charge is 0.127 e. The highest BCUT2D eigenvalue weighted by Crippen LogP contribution is 2.34. The number of rotatable bonds is 5. The number of aliphatic hydroxyl groups is 1. The van der Waals surface area contributed by atoms with E-state index >= 15 is 0 Å². The van der Waals surface area contributed by atoms with Crippen molar-refractivity contribution >= 4 is 0 Å². The molecule has 0 saturated carbocycles. The van der Waals surface area contributed by atoms with E-state index in [-0.39, 0.29) is 0 Å². The third kappa shape index (κ3) is 3.66. The second-order valence-electron chi connectivity index (χ2n) is 5.87. The molecule has 2 unspecified atom stereocenters. The first-order chi connectivity index (χ1) is 11.2. The largest absolute Gasteiger partial charge is 0.497 e. The topological polar surface area (TPSA) is 41.9 Å². The number of hydrogen-bond donors (Lipinski definition) is 1. The Morgan fingerprint density at radius 3 is 2.13 bits per heavy atom. The molecular formula is C19H23NO3. The van der Waals surface area contributed by atoms with Crippen LogP contribution in [0.3, 0.4) is 0 Å². The van der Waals surface area contributed by atoms with E-state index in [2.05, 4.69) is 17.0 Å². The van der Waals surface area contributed by atoms with Gasteiger partial charge in [0.2, 0.25) is 0 Å². The van der Waals surface area contributed by atoms with Crippen molar-refractivity contribution in [2.75, 3.05) is 13.7 Å². The molecule has 2 atom stereocenters. The Hall–Kier alpha value is -2.04. The molecule has 23 heavy (non-hydrogen) atoms. The van der Waals surface area contributed by atoms with Gasteiger partial charge in [-0.3, -0.25) is 4.90 Å². The average molecular weight is 313 g/mol. The molecule has 2 aromatic rings. The SMILES string of the molecule is COc1ccc(Oc2ccc(C3CCCN3C(C)O)cc2)cc1. The maximum Gasteiger partial charge on any atom is 0.127 e. The number of likely N-dealkylation sites (tertiary alicyclic amines) is 1. The fourth-order valence-corrected chi connectivity index (χ4v) is 3.13. The Labute approximate surface area is 137 Å². The van der Waals surface area contributed by atoms with Crippen LogP contribution >= 0.6 is 0 Å². The summed E-state index contributed by atoms with van der Waals surface area (Å²) in [5.74, 6) is 2.40. The molecule has 0 radical (unpaired) electrons. The summed E-state index contributed by atoms with van der Waals surface area (Å²) in [7, 11) is 1.65. The first-order valence-corrected chi connectivity index (χ1v) is 8.03. The van der Waals surface area contributed by atoms with Crippen molar-refractivity contribution in [3.8, 4) is 17.2 Å². The molecule has 0 bridgehead atoms. The number of hydrogen-bond acceptors (Lipinski definition) is 4. The van der Waals surface area contributed by atoms with E-state index in [9.17, 15) is 5.11 Å². The van der Waals surface area contributed by atoms with Gasteiger partial charge in [0.15, 0.2) is 0 Å². The molecule has 1 aliphatic heterocycles. The number of ether oxygens (including phenoxy) is 2. The summed E-state index contributed by atoms with van der Waals surface area (Å²) >= 11 is 0. The fourth-order valence-electron chi connectivity index (χ4n) is 3.13. The predicted octanol–water partition coefficient (Wildman–Crippen LogP) is 3.96. The molecule has 4 nitrogen and oxygen atoms in total. The summed E-state index contributed by atoms with van der Waals surface area (Å²) in [5, 5.41) is 9.87. The fraction of sp³-hybridized carbons (Fsp3) is 0.368. The van der Waals surface area contributed by atoms with E-state index in [0.29, 0.717) is 6.04 Å². The van der Waals surface area contributed by atoms with Gasteiger partial charge in [-0.25, -0.2) is 0 Å². The number of nitrogens with zero attached hydrogens (tertiary/aromatic N) is 1. The molecule has 0 amide bonds. The average Bonchev–Trinajstić information content (AvgIpc) is 3.06. The molecule has 1 aliphatic rings. The Bertz CT molecular complexity index is 622. The molecular weight excluding hydrogens is 290 g/mol. The summed E-state index contributed by atoms with van der Waals surface area (Å²) in [6, 6.07) is 16.0. The molecule has 122 valence electrons. The van der Waals surface area contributed by atoms with Crippen LogP contribution in [0.2, 0.25) is 0 Å². The van der Waals surface area contributed by atoms with E-state index in [4.69, 9.17) is 9.47 Å². The normalized spacial score (nSPS) is 19.5. The predicted molar refractivity (Wildman–Crippen MR) is 89.9 cm³/mol. The van der Waals surface area contributed by atoms with E-state index in [1.807, 2.05) is 43.3 Å². The van der Waals surface area contributed by atoms with E-state index in [1.165, 1.54) is 5.56 Å². The second kappa shape index (κ2) is 7.02. The second-order valence-corrected chi connectivity index (χ2v) is 5.87. The van der Waals surface area contributed by atoms with Crippen LogP contribution in [0.15, 0.2) is 48.5 Å². The van der Waals surface area contributed by atoms with Crippen molar-refractivity contribution in [1.82, 2.24) is 4.90 Å². The van der Waals surface area contributed by atoms with Crippen molar-refractivity contribution in [2.24, 2.45) is 0 Å². The lowest BCUT2D eigenvalue weighted by Gasteiger charge is -2.27. The maximum absolute atomic E-state index is 9.87. The highest BCUT2D eigenvalue weighted by molar-refractivity contribution is 5.37. The van der Waals surface area contributed by atoms with Gasteiger partial charge in [0, 0.05) is 12.6 Å². The van der Waals surface area contributed by atoms with Gasteiger partial charge in [0.25, 0.3) is 0 Å². The summed E-state index contributed by atoms with van der Waals surface area (Å²) < 4.78 is 11.0. The molecule has 0 aromatic heterocycles. The highest BCUT2D eigenvalue weighted by atomic mass is 16.5. The van der Waals surface area contributed by atoms with Gasteiger partial charge >= 0.3 is 0 Å². The lowest BCUT2D eigenvalue weighted by molar-refractivity contribution is 0.00916. The highest BCUT2D eigenvalue weighted by Gasteiger charge is 2.28. The van der Waals surface area contributed by atoms with E-state index < -0.39 is 6.23 Å². The third-order valence-corrected chi connectivity index (χ3v) is 4.33. The van der Waals surface area contributed by atoms with Crippen molar-refractivity contribution in [3.63, 3.8) is 0 Å². The van der Waals surface area contributed by atoms with Gasteiger partial charge in [-0.2, -0.15) is 0 Å². The van der Waals surface area contributed by atoms with Crippen LogP contribution in [0.5, 0.6) is 17.2 Å². The van der Waals surface area contributed by atoms with Gasteiger partial charge in [0.05, 0.1) is 7.11 Å². The minimum absolute atomic E-state index is 0.296. The number of benzene rings is 2. The summed E-state index contributed by atoms with van der Waals surface area (Å²) in [4.78, 5) is 2.14. The zero-order chi connectivity index (χ0) is 16.2.